The van der Waals surface area contributed by atoms with Crippen LogP contribution in [0.1, 0.15) is 71.0 Å². The Labute approximate surface area is 231 Å². The number of hydrogen-bond acceptors (Lipinski definition) is 0. The van der Waals surface area contributed by atoms with Crippen molar-refractivity contribution < 1.29 is 48.0 Å². The van der Waals surface area contributed by atoms with Crippen LogP contribution in [0.3, 0.4) is 0 Å². The molecule has 2 aliphatic rings. The van der Waals surface area contributed by atoms with Crippen molar-refractivity contribution in [2.24, 2.45) is 0 Å². The Kier molecular flexibility index (Phi) is 8.48. The minimum absolute atomic E-state index is 0. The van der Waals surface area contributed by atoms with Gasteiger partial charge in [-0.1, -0.05) is 0 Å². The second-order valence-electron chi connectivity index (χ2n) is 11.1. The predicted octanol–water partition coefficient (Wildman–Crippen LogP) is 3.02. The van der Waals surface area contributed by atoms with Crippen LogP contribution < -0.4 is 24.8 Å². The van der Waals surface area contributed by atoms with Crippen molar-refractivity contribution in [3.05, 3.63) is 100 Å². The molecule has 0 heterocycles. The molecule has 1 unspecified atom stereocenters. The Morgan fingerprint density at radius 1 is 0.588 bits per heavy atom. The van der Waals surface area contributed by atoms with E-state index in [1.165, 1.54) is 16.7 Å². The molecule has 0 aliphatic heterocycles. The predicted molar refractivity (Wildman–Crippen MR) is 137 cm³/mol. The fourth-order valence-electron chi connectivity index (χ4n) is 5.96. The van der Waals surface area contributed by atoms with Crippen LogP contribution in [0.2, 0.25) is 0 Å². The Balaban J connectivity index is 0.00000162. The molecule has 1 atom stereocenters. The van der Waals surface area contributed by atoms with Crippen molar-refractivity contribution in [2.75, 3.05) is 0 Å². The molecule has 2 aliphatic carbocycles. The molecular formula is C30H33Cl2PZr. The van der Waals surface area contributed by atoms with Gasteiger partial charge >= 0.3 is 208 Å². The molecule has 0 fully saturated rings. The Morgan fingerprint density at radius 3 is 1.53 bits per heavy atom. The Morgan fingerprint density at radius 2 is 1.03 bits per heavy atom. The van der Waals surface area contributed by atoms with Crippen molar-refractivity contribution in [1.82, 2.24) is 0 Å². The van der Waals surface area contributed by atoms with E-state index < -0.39 is 23.2 Å². The molecule has 0 saturated carbocycles. The summed E-state index contributed by atoms with van der Waals surface area (Å²) in [5.41, 5.74) is 9.20. The molecule has 0 bridgehead atoms. The van der Waals surface area contributed by atoms with E-state index >= 15 is 0 Å². The number of fused-ring (bicyclic) bond motifs is 4. The normalized spacial score (nSPS) is 16.6. The van der Waals surface area contributed by atoms with Gasteiger partial charge in [0.25, 0.3) is 0 Å². The molecule has 0 saturated heterocycles. The first-order valence-corrected chi connectivity index (χ1v) is 15.9. The minimum atomic E-state index is -0.895. The van der Waals surface area contributed by atoms with Gasteiger partial charge < -0.3 is 24.8 Å². The first kappa shape index (κ1) is 27.9. The van der Waals surface area contributed by atoms with Gasteiger partial charge in [0, 0.05) is 0 Å². The van der Waals surface area contributed by atoms with Gasteiger partial charge in [-0.05, 0) is 0 Å². The number of halogens is 2. The molecule has 0 aromatic heterocycles. The fraction of sp³-hybridized carbons (Fsp3) is 0.333. The van der Waals surface area contributed by atoms with Crippen LogP contribution in [0, 0.1) is 0 Å². The number of benzene rings is 3. The average Bonchev–Trinajstić information content (AvgIpc) is 3.23. The first-order valence-electron chi connectivity index (χ1n) is 11.7. The molecule has 0 spiro atoms. The van der Waals surface area contributed by atoms with Crippen LogP contribution in [0.4, 0.5) is 0 Å². The second-order valence-corrected chi connectivity index (χ2v) is 18.6. The molecule has 0 radical (unpaired) electrons. The monoisotopic (exact) mass is 584 g/mol. The molecule has 0 nitrogen and oxygen atoms in total. The van der Waals surface area contributed by atoms with Crippen molar-refractivity contribution >= 4 is 14.0 Å². The average molecular weight is 587 g/mol. The van der Waals surface area contributed by atoms with Gasteiger partial charge in [-0.3, -0.25) is 0 Å². The van der Waals surface area contributed by atoms with Crippen LogP contribution >= 0.6 is 7.92 Å². The van der Waals surface area contributed by atoms with Gasteiger partial charge in [0.15, 0.2) is 0 Å². The molecular weight excluding hydrogens is 553 g/mol. The third kappa shape index (κ3) is 4.93. The maximum Gasteiger partial charge on any atom is -1.00 e. The smallest absolute Gasteiger partial charge is 1.00 e. The summed E-state index contributed by atoms with van der Waals surface area (Å²) >= 11 is -0.895. The minimum Gasteiger partial charge on any atom is -1.00 e. The van der Waals surface area contributed by atoms with Crippen LogP contribution in [0.15, 0.2) is 78.1 Å². The third-order valence-electron chi connectivity index (χ3n) is 6.67. The van der Waals surface area contributed by atoms with Crippen molar-refractivity contribution in [2.45, 2.75) is 59.1 Å². The van der Waals surface area contributed by atoms with E-state index in [4.69, 9.17) is 0 Å². The summed E-state index contributed by atoms with van der Waals surface area (Å²) in [4.78, 5) is 0. The van der Waals surface area contributed by atoms with E-state index in [9.17, 15) is 0 Å². The molecule has 5 rings (SSSR count). The van der Waals surface area contributed by atoms with Crippen molar-refractivity contribution in [3.63, 3.8) is 0 Å². The maximum atomic E-state index is 2.61. The Hall–Kier alpha value is -0.707. The third-order valence-corrected chi connectivity index (χ3v) is 15.6. The van der Waals surface area contributed by atoms with Gasteiger partial charge in [0.05, 0.1) is 0 Å². The van der Waals surface area contributed by atoms with E-state index in [1.54, 1.807) is 22.0 Å². The zero-order valence-electron chi connectivity index (χ0n) is 20.9. The summed E-state index contributed by atoms with van der Waals surface area (Å²) in [5, 5.41) is 2.37. The molecule has 0 N–H and O–H groups in total. The maximum absolute atomic E-state index is 2.61. The topological polar surface area (TPSA) is 0 Å². The van der Waals surface area contributed by atoms with Gasteiger partial charge in [-0.25, -0.2) is 0 Å². The van der Waals surface area contributed by atoms with E-state index in [1.807, 2.05) is 0 Å². The standard InChI is InChI=1S/C17H24P.C13H9.2ClH.Zr/c1-16(2,3)18(17(4,5)6)15-11-13-9-7-8-10-14(13)12-15;1-3-7-12-10(5-1)9-11-6-2-4-8-13(11)12;;;/h7-12H,1-6H3;1-9H;2*1H;/q;;;;+2/p-2. The van der Waals surface area contributed by atoms with Gasteiger partial charge in [0.2, 0.25) is 0 Å². The molecule has 4 heteroatoms. The van der Waals surface area contributed by atoms with Crippen LogP contribution in [-0.4, -0.2) is 10.3 Å². The van der Waals surface area contributed by atoms with Crippen LogP contribution in [0.25, 0.3) is 17.2 Å². The van der Waals surface area contributed by atoms with Gasteiger partial charge in [-0.2, -0.15) is 0 Å². The van der Waals surface area contributed by atoms with E-state index in [0.717, 1.165) is 0 Å². The quantitative estimate of drug-likeness (QED) is 0.414. The number of rotatable bonds is 3. The fourth-order valence-corrected chi connectivity index (χ4v) is 16.2. The molecule has 3 aromatic carbocycles. The van der Waals surface area contributed by atoms with Crippen molar-refractivity contribution in [3.8, 4) is 11.1 Å². The molecule has 34 heavy (non-hydrogen) atoms. The second kappa shape index (κ2) is 10.3. The summed E-state index contributed by atoms with van der Waals surface area (Å²) in [6, 6.07) is 27.6. The zero-order chi connectivity index (χ0) is 22.7. The summed E-state index contributed by atoms with van der Waals surface area (Å²) < 4.78 is 1.28. The van der Waals surface area contributed by atoms with Crippen molar-refractivity contribution in [1.29, 1.82) is 0 Å². The van der Waals surface area contributed by atoms with E-state index in [0.29, 0.717) is 17.6 Å². The molecule has 0 amide bonds. The van der Waals surface area contributed by atoms with Gasteiger partial charge in [-0.15, -0.1) is 0 Å². The summed E-state index contributed by atoms with van der Waals surface area (Å²) in [6.07, 6.45) is 2.61. The summed E-state index contributed by atoms with van der Waals surface area (Å²) in [5.74, 6) is 0. The Bertz CT molecular complexity index is 1140. The summed E-state index contributed by atoms with van der Waals surface area (Å²) in [6.45, 7) is 14.8. The molecule has 3 aromatic rings. The first-order chi connectivity index (χ1) is 15.2. The van der Waals surface area contributed by atoms with Crippen LogP contribution in [0.5, 0.6) is 0 Å². The van der Waals surface area contributed by atoms with Gasteiger partial charge in [0.1, 0.15) is 0 Å². The van der Waals surface area contributed by atoms with Crippen LogP contribution in [-0.2, 0) is 23.2 Å². The SMILES string of the molecule is CC(C)(C)P(C1=Cc2ccccc2[CH]1[Zr+2][CH]1c2ccccc2-c2ccccc21)C(C)(C)C.[Cl-].[Cl-]. The van der Waals surface area contributed by atoms with E-state index in [2.05, 4.69) is 120 Å². The summed E-state index contributed by atoms with van der Waals surface area (Å²) in [7, 11) is -0.281. The number of allylic oxidation sites excluding steroid dienone is 1. The van der Waals surface area contributed by atoms with E-state index in [-0.39, 0.29) is 32.7 Å². The molecule has 176 valence electrons. The zero-order valence-corrected chi connectivity index (χ0v) is 25.7. The number of hydrogen-bond donors (Lipinski definition) is 0. The largest absolute Gasteiger partial charge is 1.00 e.